The molecule has 0 unspecified atom stereocenters. The highest BCUT2D eigenvalue weighted by Gasteiger charge is 2.24. The van der Waals surface area contributed by atoms with Gasteiger partial charge in [0.25, 0.3) is 11.1 Å². The second-order valence-electron chi connectivity index (χ2n) is 10.1. The highest BCUT2D eigenvalue weighted by molar-refractivity contribution is 7.13. The van der Waals surface area contributed by atoms with E-state index >= 15 is 0 Å². The molecule has 1 amide bonds. The average Bonchev–Trinajstić information content (AvgIpc) is 3.27. The molecule has 1 fully saturated rings. The van der Waals surface area contributed by atoms with Gasteiger partial charge in [-0.2, -0.15) is 0 Å². The number of thiazole rings is 1. The molecule has 1 aliphatic carbocycles. The zero-order chi connectivity index (χ0) is 24.2. The fourth-order valence-electron chi connectivity index (χ4n) is 5.20. The van der Waals surface area contributed by atoms with Crippen molar-refractivity contribution < 1.29 is 9.53 Å². The van der Waals surface area contributed by atoms with Crippen LogP contribution in [0.15, 0.2) is 41.5 Å². The van der Waals surface area contributed by atoms with Crippen LogP contribution in [0.1, 0.15) is 66.9 Å². The van der Waals surface area contributed by atoms with E-state index in [9.17, 15) is 4.79 Å². The van der Waals surface area contributed by atoms with Crippen LogP contribution in [0.2, 0.25) is 0 Å². The Bertz CT molecular complexity index is 1190. The van der Waals surface area contributed by atoms with Crippen LogP contribution in [0.25, 0.3) is 10.9 Å². The molecule has 35 heavy (non-hydrogen) atoms. The van der Waals surface area contributed by atoms with E-state index in [-0.39, 0.29) is 12.0 Å². The summed E-state index contributed by atoms with van der Waals surface area (Å²) in [7, 11) is 0. The first-order chi connectivity index (χ1) is 17.0. The summed E-state index contributed by atoms with van der Waals surface area (Å²) in [5.41, 5.74) is 2.68. The van der Waals surface area contributed by atoms with Gasteiger partial charge in [0.05, 0.1) is 22.9 Å². The zero-order valence-corrected chi connectivity index (χ0v) is 21.5. The minimum absolute atomic E-state index is 0.167. The molecule has 1 saturated carbocycles. The van der Waals surface area contributed by atoms with Crippen molar-refractivity contribution in [1.29, 1.82) is 0 Å². The second kappa shape index (κ2) is 11.0. The number of nitrogens with zero attached hydrogens (tertiary/aromatic N) is 4. The van der Waals surface area contributed by atoms with Gasteiger partial charge in [0.15, 0.2) is 0 Å². The molecule has 0 saturated heterocycles. The number of amides is 1. The first kappa shape index (κ1) is 24.1. The molecular weight excluding hydrogens is 456 g/mol. The predicted molar refractivity (Wildman–Crippen MR) is 141 cm³/mol. The number of pyridine rings is 1. The lowest BCUT2D eigenvalue weighted by Crippen LogP contribution is -2.32. The number of benzene rings is 1. The van der Waals surface area contributed by atoms with Crippen molar-refractivity contribution in [2.24, 2.45) is 16.8 Å². The average molecular weight is 491 g/mol. The van der Waals surface area contributed by atoms with Crippen molar-refractivity contribution in [3.63, 3.8) is 0 Å². The standard InChI is InChI=1S/C28H34N4O2S/c1-19(2)34-28-31-25-18-32(16-13-26(25)35-28)15-12-20-8-10-21(11-9-20)17-30-27(33)23-5-3-7-24-22(23)6-4-14-29-24/h3-7,14,17,19-21H,8-13,15-16,18H2,1-2H3. The number of hydrogen-bond donors (Lipinski definition) is 0. The maximum absolute atomic E-state index is 12.7. The van der Waals surface area contributed by atoms with Crippen molar-refractivity contribution >= 4 is 34.4 Å². The number of aromatic nitrogens is 2. The van der Waals surface area contributed by atoms with Gasteiger partial charge in [-0.3, -0.25) is 14.7 Å². The van der Waals surface area contributed by atoms with E-state index in [1.807, 2.05) is 50.4 Å². The van der Waals surface area contributed by atoms with Crippen LogP contribution in [0.4, 0.5) is 0 Å². The maximum Gasteiger partial charge on any atom is 0.277 e. The van der Waals surface area contributed by atoms with Gasteiger partial charge in [-0.15, -0.1) is 0 Å². The van der Waals surface area contributed by atoms with E-state index in [4.69, 9.17) is 9.72 Å². The summed E-state index contributed by atoms with van der Waals surface area (Å²) >= 11 is 1.72. The van der Waals surface area contributed by atoms with Crippen molar-refractivity contribution in [2.45, 2.75) is 65.0 Å². The number of fused-ring (bicyclic) bond motifs is 2. The van der Waals surface area contributed by atoms with Gasteiger partial charge in [-0.05, 0) is 89.0 Å². The summed E-state index contributed by atoms with van der Waals surface area (Å²) in [4.78, 5) is 30.1. The van der Waals surface area contributed by atoms with E-state index in [0.29, 0.717) is 11.5 Å². The number of carbonyl (C=O) groups excluding carboxylic acids is 1. The lowest BCUT2D eigenvalue weighted by molar-refractivity contribution is 0.100. The molecule has 0 bridgehead atoms. The molecular formula is C28H34N4O2S. The summed E-state index contributed by atoms with van der Waals surface area (Å²) in [6.07, 6.45) is 10.8. The Morgan fingerprint density at radius 3 is 2.91 bits per heavy atom. The molecule has 184 valence electrons. The lowest BCUT2D eigenvalue weighted by atomic mass is 9.81. The smallest absolute Gasteiger partial charge is 0.277 e. The number of ether oxygens (including phenoxy) is 1. The normalized spacial score (nSPS) is 21.0. The molecule has 2 aromatic heterocycles. The summed E-state index contributed by atoms with van der Waals surface area (Å²) in [5.74, 6) is 0.991. The van der Waals surface area contributed by atoms with Crippen LogP contribution in [0.3, 0.4) is 0 Å². The van der Waals surface area contributed by atoms with E-state index < -0.39 is 0 Å². The van der Waals surface area contributed by atoms with Crippen LogP contribution >= 0.6 is 11.3 Å². The van der Waals surface area contributed by atoms with Gasteiger partial charge in [0.2, 0.25) is 0 Å². The summed E-state index contributed by atoms with van der Waals surface area (Å²) < 4.78 is 5.80. The number of rotatable bonds is 7. The van der Waals surface area contributed by atoms with Crippen molar-refractivity contribution in [1.82, 2.24) is 14.9 Å². The van der Waals surface area contributed by atoms with Crippen molar-refractivity contribution in [3.8, 4) is 5.19 Å². The number of hydrogen-bond acceptors (Lipinski definition) is 6. The van der Waals surface area contributed by atoms with Crippen LogP contribution in [-0.2, 0) is 13.0 Å². The Morgan fingerprint density at radius 2 is 2.09 bits per heavy atom. The minimum atomic E-state index is -0.167. The van der Waals surface area contributed by atoms with Gasteiger partial charge in [0, 0.05) is 35.8 Å². The van der Waals surface area contributed by atoms with Crippen LogP contribution in [-0.4, -0.2) is 46.2 Å². The molecule has 0 atom stereocenters. The van der Waals surface area contributed by atoms with Gasteiger partial charge in [0.1, 0.15) is 0 Å². The van der Waals surface area contributed by atoms with Crippen molar-refractivity contribution in [2.75, 3.05) is 13.1 Å². The Balaban J connectivity index is 1.07. The summed E-state index contributed by atoms with van der Waals surface area (Å²) in [6, 6.07) is 9.44. The molecule has 0 radical (unpaired) electrons. The van der Waals surface area contributed by atoms with Crippen molar-refractivity contribution in [3.05, 3.63) is 52.7 Å². The third kappa shape index (κ3) is 5.96. The largest absolute Gasteiger partial charge is 0.467 e. The van der Waals surface area contributed by atoms with Crippen LogP contribution < -0.4 is 4.74 Å². The number of aliphatic imine (C=N–C) groups is 1. The first-order valence-corrected chi connectivity index (χ1v) is 13.7. The van der Waals surface area contributed by atoms with Gasteiger partial charge in [-0.25, -0.2) is 9.98 Å². The molecule has 2 aliphatic rings. The van der Waals surface area contributed by atoms with Crippen LogP contribution in [0.5, 0.6) is 5.19 Å². The van der Waals surface area contributed by atoms with Gasteiger partial charge < -0.3 is 4.74 Å². The molecule has 3 aromatic rings. The Kier molecular flexibility index (Phi) is 7.54. The quantitative estimate of drug-likeness (QED) is 0.383. The molecule has 0 spiro atoms. The van der Waals surface area contributed by atoms with E-state index in [1.54, 1.807) is 17.5 Å². The van der Waals surface area contributed by atoms with Gasteiger partial charge >= 0.3 is 0 Å². The third-order valence-corrected chi connectivity index (χ3v) is 8.20. The molecule has 1 aromatic carbocycles. The molecule has 5 rings (SSSR count). The second-order valence-corrected chi connectivity index (χ2v) is 11.1. The SMILES string of the molecule is CC(C)Oc1nc2c(s1)CCN(CCC1CCC(C=NC(=O)c3cccc4ncccc34)CC1)C2. The van der Waals surface area contributed by atoms with E-state index in [1.165, 1.54) is 29.8 Å². The third-order valence-electron chi connectivity index (χ3n) is 7.15. The predicted octanol–water partition coefficient (Wildman–Crippen LogP) is 5.94. The first-order valence-electron chi connectivity index (χ1n) is 12.8. The van der Waals surface area contributed by atoms with Crippen LogP contribution in [0, 0.1) is 11.8 Å². The Morgan fingerprint density at radius 1 is 1.23 bits per heavy atom. The zero-order valence-electron chi connectivity index (χ0n) is 20.7. The topological polar surface area (TPSA) is 67.7 Å². The summed E-state index contributed by atoms with van der Waals surface area (Å²) in [5, 5.41) is 1.69. The van der Waals surface area contributed by atoms with E-state index in [0.717, 1.165) is 60.9 Å². The number of carbonyl (C=O) groups is 1. The molecule has 0 N–H and O–H groups in total. The van der Waals surface area contributed by atoms with Gasteiger partial charge in [-0.1, -0.05) is 23.5 Å². The fraction of sp³-hybridized carbons (Fsp3) is 0.500. The lowest BCUT2D eigenvalue weighted by Gasteiger charge is -2.30. The maximum atomic E-state index is 12.7. The molecule has 3 heterocycles. The minimum Gasteiger partial charge on any atom is -0.467 e. The highest BCUT2D eigenvalue weighted by Crippen LogP contribution is 2.33. The summed E-state index contributed by atoms with van der Waals surface area (Å²) in [6.45, 7) is 7.29. The Hall–Kier alpha value is -2.64. The fourth-order valence-corrected chi connectivity index (χ4v) is 6.22. The Labute approximate surface area is 211 Å². The highest BCUT2D eigenvalue weighted by atomic mass is 32.1. The molecule has 7 heteroatoms. The molecule has 1 aliphatic heterocycles. The van der Waals surface area contributed by atoms with E-state index in [2.05, 4.69) is 14.9 Å². The monoisotopic (exact) mass is 490 g/mol. The molecule has 6 nitrogen and oxygen atoms in total.